The number of thioether (sulfide) groups is 1. The molecular weight excluding hydrogens is 406 g/mol. The van der Waals surface area contributed by atoms with Gasteiger partial charge in [0.25, 0.3) is 0 Å². The Morgan fingerprint density at radius 3 is 2.48 bits per heavy atom. The highest BCUT2D eigenvalue weighted by Crippen LogP contribution is 2.46. The summed E-state index contributed by atoms with van der Waals surface area (Å²) < 4.78 is 1.77. The van der Waals surface area contributed by atoms with E-state index < -0.39 is 0 Å². The van der Waals surface area contributed by atoms with Crippen LogP contribution in [0, 0.1) is 13.8 Å². The molecule has 7 heteroatoms. The Bertz CT molecular complexity index is 1160. The highest BCUT2D eigenvalue weighted by molar-refractivity contribution is 8.00. The zero-order valence-electron chi connectivity index (χ0n) is 18.7. The Morgan fingerprint density at radius 1 is 1.13 bits per heavy atom. The number of hydrogen-bond donors (Lipinski definition) is 0. The Balaban J connectivity index is 1.50. The van der Waals surface area contributed by atoms with E-state index in [0.29, 0.717) is 10.8 Å². The van der Waals surface area contributed by atoms with Gasteiger partial charge in [-0.1, -0.05) is 43.8 Å². The van der Waals surface area contributed by atoms with Gasteiger partial charge < -0.3 is 4.90 Å². The van der Waals surface area contributed by atoms with Crippen LogP contribution in [0.4, 0.5) is 5.69 Å². The maximum absolute atomic E-state index is 13.0. The number of fused-ring (bicyclic) bond motifs is 1. The molecule has 1 unspecified atom stereocenters. The van der Waals surface area contributed by atoms with Crippen LogP contribution < -0.4 is 4.90 Å². The van der Waals surface area contributed by atoms with Gasteiger partial charge in [0.15, 0.2) is 11.6 Å². The summed E-state index contributed by atoms with van der Waals surface area (Å²) in [6.07, 6.45) is 1.79. The maximum Gasteiger partial charge on any atom is 0.175 e. The van der Waals surface area contributed by atoms with Gasteiger partial charge in [0, 0.05) is 35.6 Å². The lowest BCUT2D eigenvalue weighted by molar-refractivity contribution is -0.114. The molecule has 3 aromatic rings. The number of para-hydroxylation sites is 1. The molecule has 1 aliphatic heterocycles. The number of anilines is 1. The van der Waals surface area contributed by atoms with Crippen LogP contribution in [-0.2, 0) is 10.2 Å². The number of allylic oxidation sites excluding steroid dienone is 2. The van der Waals surface area contributed by atoms with E-state index in [4.69, 9.17) is 0 Å². The highest BCUT2D eigenvalue weighted by Gasteiger charge is 2.38. The monoisotopic (exact) mass is 433 g/mol. The van der Waals surface area contributed by atoms with Crippen molar-refractivity contribution in [2.45, 2.75) is 50.3 Å². The van der Waals surface area contributed by atoms with Crippen molar-refractivity contribution in [1.82, 2.24) is 20.0 Å². The summed E-state index contributed by atoms with van der Waals surface area (Å²) in [6, 6.07) is 14.1. The quantitative estimate of drug-likeness (QED) is 0.431. The second kappa shape index (κ2) is 7.96. The number of benzene rings is 1. The average molecular weight is 434 g/mol. The molecule has 0 bridgehead atoms. The van der Waals surface area contributed by atoms with Gasteiger partial charge in [-0.25, -0.2) is 4.68 Å². The number of ketones is 1. The summed E-state index contributed by atoms with van der Waals surface area (Å²) in [5, 5.41) is 13.5. The van der Waals surface area contributed by atoms with E-state index in [-0.39, 0.29) is 16.4 Å². The molecule has 0 spiro atoms. The van der Waals surface area contributed by atoms with Crippen LogP contribution in [0.25, 0.3) is 5.82 Å². The van der Waals surface area contributed by atoms with Crippen LogP contribution in [0.2, 0.25) is 0 Å². The second-order valence-corrected chi connectivity index (χ2v) is 9.82. The fourth-order valence-electron chi connectivity index (χ4n) is 4.10. The highest BCUT2D eigenvalue weighted by atomic mass is 32.2. The molecule has 0 aliphatic carbocycles. The third kappa shape index (κ3) is 3.90. The first-order valence-electron chi connectivity index (χ1n) is 10.3. The minimum atomic E-state index is -0.269. The number of aryl methyl sites for hydroxylation is 2. The van der Waals surface area contributed by atoms with Crippen molar-refractivity contribution in [3.05, 3.63) is 71.2 Å². The Morgan fingerprint density at radius 2 is 1.87 bits per heavy atom. The predicted molar refractivity (Wildman–Crippen MR) is 125 cm³/mol. The number of rotatable bonds is 5. The van der Waals surface area contributed by atoms with Crippen molar-refractivity contribution in [3.8, 4) is 5.82 Å². The summed E-state index contributed by atoms with van der Waals surface area (Å²) in [4.78, 5) is 15.2. The van der Waals surface area contributed by atoms with E-state index in [2.05, 4.69) is 46.2 Å². The van der Waals surface area contributed by atoms with Crippen LogP contribution >= 0.6 is 11.8 Å². The Labute approximate surface area is 187 Å². The molecule has 0 saturated carbocycles. The van der Waals surface area contributed by atoms with Crippen LogP contribution in [0.3, 0.4) is 0 Å². The minimum Gasteiger partial charge on any atom is -0.347 e. The number of hydrogen-bond acceptors (Lipinski definition) is 6. The van der Waals surface area contributed by atoms with Crippen molar-refractivity contribution >= 4 is 23.2 Å². The predicted octanol–water partition coefficient (Wildman–Crippen LogP) is 4.64. The third-order valence-corrected chi connectivity index (χ3v) is 6.82. The minimum absolute atomic E-state index is 0.0668. The summed E-state index contributed by atoms with van der Waals surface area (Å²) in [5.41, 5.74) is 5.13. The van der Waals surface area contributed by atoms with E-state index in [1.165, 1.54) is 17.3 Å². The number of carbonyl (C=O) groups is 1. The zero-order chi connectivity index (χ0) is 22.3. The van der Waals surface area contributed by atoms with Gasteiger partial charge in [-0.15, -0.1) is 10.2 Å². The van der Waals surface area contributed by atoms with E-state index >= 15 is 0 Å². The smallest absolute Gasteiger partial charge is 0.175 e. The van der Waals surface area contributed by atoms with Gasteiger partial charge in [0.05, 0.1) is 10.9 Å². The molecular formula is C24H27N5OS. The molecule has 0 radical (unpaired) electrons. The largest absolute Gasteiger partial charge is 0.347 e. The lowest BCUT2D eigenvalue weighted by atomic mass is 9.83. The van der Waals surface area contributed by atoms with Gasteiger partial charge in [-0.05, 0) is 50.6 Å². The molecule has 0 saturated heterocycles. The summed E-state index contributed by atoms with van der Waals surface area (Å²) in [5.74, 6) is 0.736. The van der Waals surface area contributed by atoms with Crippen molar-refractivity contribution in [1.29, 1.82) is 0 Å². The first-order valence-corrected chi connectivity index (χ1v) is 11.2. The maximum atomic E-state index is 13.0. The number of carbonyl (C=O) groups excluding carboxylic acids is 1. The van der Waals surface area contributed by atoms with Gasteiger partial charge in [-0.3, -0.25) is 4.79 Å². The number of nitrogens with zero attached hydrogens (tertiary/aromatic N) is 5. The molecule has 160 valence electrons. The van der Waals surface area contributed by atoms with Crippen LogP contribution in [0.15, 0.2) is 59.3 Å². The lowest BCUT2D eigenvalue weighted by Crippen LogP contribution is -2.25. The van der Waals surface area contributed by atoms with Gasteiger partial charge in [0.1, 0.15) is 5.03 Å². The van der Waals surface area contributed by atoms with E-state index in [1.807, 2.05) is 58.2 Å². The molecule has 1 aliphatic rings. The topological polar surface area (TPSA) is 63.9 Å². The molecule has 3 heterocycles. The molecule has 0 fully saturated rings. The zero-order valence-corrected chi connectivity index (χ0v) is 19.6. The normalized spacial score (nSPS) is 17.1. The third-order valence-electron chi connectivity index (χ3n) is 5.77. The van der Waals surface area contributed by atoms with Crippen molar-refractivity contribution in [2.75, 3.05) is 11.9 Å². The van der Waals surface area contributed by atoms with Crippen LogP contribution in [0.5, 0.6) is 0 Å². The van der Waals surface area contributed by atoms with Crippen molar-refractivity contribution in [3.63, 3.8) is 0 Å². The lowest BCUT2D eigenvalue weighted by Gasteiger charge is -2.24. The summed E-state index contributed by atoms with van der Waals surface area (Å²) in [7, 11) is 2.02. The van der Waals surface area contributed by atoms with Gasteiger partial charge in [0.2, 0.25) is 0 Å². The van der Waals surface area contributed by atoms with Crippen LogP contribution in [-0.4, -0.2) is 38.1 Å². The molecule has 0 amide bonds. The molecule has 6 nitrogen and oxygen atoms in total. The van der Waals surface area contributed by atoms with Crippen LogP contribution in [0.1, 0.15) is 37.7 Å². The first kappa shape index (κ1) is 21.3. The standard InChI is InChI=1S/C24H27N5OS/c1-15-13-16(2)29(27-15)22-11-12-23(26-25-22)31-17(3)20(30)14-21-24(4,5)18-9-7-8-10-19(18)28(21)6/h7-14,17H,1-6H3. The average Bonchev–Trinajstić information content (AvgIpc) is 3.17. The molecule has 1 aromatic carbocycles. The summed E-state index contributed by atoms with van der Waals surface area (Å²) >= 11 is 1.42. The van der Waals surface area contributed by atoms with Crippen molar-refractivity contribution < 1.29 is 4.79 Å². The summed E-state index contributed by atoms with van der Waals surface area (Å²) in [6.45, 7) is 10.2. The molecule has 0 N–H and O–H groups in total. The Kier molecular flexibility index (Phi) is 5.47. The van der Waals surface area contributed by atoms with E-state index in [1.54, 1.807) is 10.8 Å². The van der Waals surface area contributed by atoms with Crippen molar-refractivity contribution in [2.24, 2.45) is 0 Å². The fraction of sp³-hybridized carbons (Fsp3) is 0.333. The molecule has 1 atom stereocenters. The molecule has 4 rings (SSSR count). The fourth-order valence-corrected chi connectivity index (χ4v) is 4.88. The molecule has 31 heavy (non-hydrogen) atoms. The Hall–Kier alpha value is -2.93. The molecule has 2 aromatic heterocycles. The number of aromatic nitrogens is 4. The van der Waals surface area contributed by atoms with Gasteiger partial charge in [-0.2, -0.15) is 5.10 Å². The van der Waals surface area contributed by atoms with E-state index in [9.17, 15) is 4.79 Å². The first-order chi connectivity index (χ1) is 14.7. The second-order valence-electron chi connectivity index (χ2n) is 8.46. The van der Waals surface area contributed by atoms with E-state index in [0.717, 1.165) is 22.8 Å². The number of likely N-dealkylation sites (N-methyl/N-ethyl adjacent to an activating group) is 1. The SMILES string of the molecule is Cc1cc(C)n(-c2ccc(SC(C)C(=O)C=C3N(C)c4ccccc4C3(C)C)nn2)n1. The van der Waals surface area contributed by atoms with Gasteiger partial charge >= 0.3 is 0 Å².